The molecule has 0 aromatic carbocycles. The molecule has 6 heavy (non-hydrogen) atoms. The van der Waals surface area contributed by atoms with E-state index >= 15 is 0 Å². The van der Waals surface area contributed by atoms with Gasteiger partial charge in [0.1, 0.15) is 0 Å². The molecule has 4 heteroatoms. The van der Waals surface area contributed by atoms with Crippen molar-refractivity contribution in [3.05, 3.63) is 6.92 Å². The Morgan fingerprint density at radius 2 is 1.17 bits per heavy atom. The van der Waals surface area contributed by atoms with Gasteiger partial charge in [0.2, 0.25) is 0 Å². The zero-order chi connectivity index (χ0) is 5.58. The van der Waals surface area contributed by atoms with E-state index in [2.05, 4.69) is 68.2 Å². The molecule has 0 aliphatic heterocycles. The van der Waals surface area contributed by atoms with Crippen LogP contribution in [0.5, 0.6) is 0 Å². The molecule has 0 saturated heterocycles. The monoisotopic (exact) mass is 469 g/mol. The first-order valence-corrected chi connectivity index (χ1v) is 11.2. The van der Waals surface area contributed by atoms with Crippen LogP contribution >= 0.6 is 61.2 Å². The molecule has 0 aromatic heterocycles. The molecular formula is C2H5CoI3-. The van der Waals surface area contributed by atoms with E-state index in [9.17, 15) is 0 Å². The Hall–Kier alpha value is 2.70. The molecule has 0 radical (unpaired) electrons. The maximum atomic E-state index is 3.25. The zero-order valence-electron chi connectivity index (χ0n) is 3.17. The summed E-state index contributed by atoms with van der Waals surface area (Å²) >= 11 is 7.14. The van der Waals surface area contributed by atoms with Crippen LogP contribution in [0.1, 0.15) is 6.92 Å². The van der Waals surface area contributed by atoms with Crippen LogP contribution in [-0.4, -0.2) is 0 Å². The van der Waals surface area contributed by atoms with Crippen molar-refractivity contribution in [3.63, 3.8) is 0 Å². The molecule has 0 bridgehead atoms. The predicted molar refractivity (Wildman–Crippen MR) is 53.1 cm³/mol. The first kappa shape index (κ1) is 11.5. The van der Waals surface area contributed by atoms with E-state index in [1.807, 2.05) is 0 Å². The number of hydrogen-bond donors (Lipinski definition) is 0. The van der Waals surface area contributed by atoms with Gasteiger partial charge in [-0.3, -0.25) is 0 Å². The first-order chi connectivity index (χ1) is 2.73. The first-order valence-electron chi connectivity index (χ1n) is 1.09. The van der Waals surface area contributed by atoms with Gasteiger partial charge in [0.15, 0.2) is 0 Å². The van der Waals surface area contributed by atoms with Crippen LogP contribution in [-0.2, 0) is 4.00 Å². The molecule has 0 rings (SSSR count). The third kappa shape index (κ3) is 29.9. The van der Waals surface area contributed by atoms with Gasteiger partial charge in [0.25, 0.3) is 0 Å². The summed E-state index contributed by atoms with van der Waals surface area (Å²) in [5.74, 6) is 0. The van der Waals surface area contributed by atoms with Crippen LogP contribution in [0.25, 0.3) is 0 Å². The molecule has 44 valence electrons. The Bertz CT molecular complexity index is 13.5. The van der Waals surface area contributed by atoms with Crippen molar-refractivity contribution in [1.29, 1.82) is 0 Å². The molecule has 0 fully saturated rings. The topological polar surface area (TPSA) is 0 Å². The Labute approximate surface area is 77.4 Å². The van der Waals surface area contributed by atoms with Crippen LogP contribution in [0.2, 0.25) is 0 Å². The molecule has 0 aliphatic rings. The van der Waals surface area contributed by atoms with Gasteiger partial charge in [-0.1, -0.05) is 0 Å². The summed E-state index contributed by atoms with van der Waals surface area (Å²) in [7, 11) is 0. The Morgan fingerprint density at radius 3 is 1.17 bits per heavy atom. The van der Waals surface area contributed by atoms with E-state index in [1.54, 1.807) is 6.92 Å². The van der Waals surface area contributed by atoms with E-state index in [1.165, 1.54) is 0 Å². The average Bonchev–Trinajstić information content (AvgIpc) is 1.41. The van der Waals surface area contributed by atoms with Crippen molar-refractivity contribution >= 4 is 61.2 Å². The van der Waals surface area contributed by atoms with Crippen LogP contribution in [0.15, 0.2) is 0 Å². The predicted octanol–water partition coefficient (Wildman–Crippen LogP) is 3.49. The van der Waals surface area contributed by atoms with E-state index in [0.717, 1.165) is 0 Å². The fraction of sp³-hybridized carbons (Fsp3) is 0.500. The Kier molecular flexibility index (Phi) is 20.4. The molecule has 0 N–H and O–H groups in total. The van der Waals surface area contributed by atoms with Gasteiger partial charge < -0.3 is 6.92 Å². The van der Waals surface area contributed by atoms with Gasteiger partial charge in [-0.05, 0) is 0 Å². The molecule has 0 unspecified atom stereocenters. The normalized spacial score (nSPS) is 8.50. The van der Waals surface area contributed by atoms with E-state index < -0.39 is 0 Å². The standard InChI is InChI=1S/C2H5.Co.3HI/c1-2;;;;/h1H2,2H3;;3*1H/q-1;+3;;;/p-3. The minimum atomic E-state index is 0.306. The number of rotatable bonds is 0. The van der Waals surface area contributed by atoms with Crippen LogP contribution < -0.4 is 0 Å². The Balaban J connectivity index is 0. The molecule has 0 amide bonds. The van der Waals surface area contributed by atoms with Crippen LogP contribution in [0.4, 0.5) is 0 Å². The summed E-state index contributed by atoms with van der Waals surface area (Å²) in [6.07, 6.45) is 0. The second-order valence-electron chi connectivity index (χ2n) is 0.143. The Morgan fingerprint density at radius 1 is 1.17 bits per heavy atom. The summed E-state index contributed by atoms with van der Waals surface area (Å²) in [4.78, 5) is 0. The van der Waals surface area contributed by atoms with Crippen molar-refractivity contribution in [2.24, 2.45) is 0 Å². The van der Waals surface area contributed by atoms with E-state index in [4.69, 9.17) is 0 Å². The summed E-state index contributed by atoms with van der Waals surface area (Å²) in [5, 5.41) is 0. The summed E-state index contributed by atoms with van der Waals surface area (Å²) in [6.45, 7) is 5.00. The van der Waals surface area contributed by atoms with Gasteiger partial charge in [0, 0.05) is 0 Å². The van der Waals surface area contributed by atoms with Crippen molar-refractivity contribution in [1.82, 2.24) is 0 Å². The van der Waals surface area contributed by atoms with Gasteiger partial charge in [0.05, 0.1) is 0 Å². The van der Waals surface area contributed by atoms with Crippen molar-refractivity contribution in [2.75, 3.05) is 0 Å². The number of halogens is 3. The quantitative estimate of drug-likeness (QED) is 0.377. The van der Waals surface area contributed by atoms with Crippen molar-refractivity contribution in [3.8, 4) is 0 Å². The van der Waals surface area contributed by atoms with Crippen molar-refractivity contribution in [2.45, 2.75) is 6.92 Å². The number of hydrogen-bond acceptors (Lipinski definition) is 0. The molecule has 0 nitrogen and oxygen atoms in total. The SMILES string of the molecule is [CH2-]C.[I][Co]([I])[I]. The molecule has 0 atom stereocenters. The molecule has 0 saturated carbocycles. The molecule has 0 heterocycles. The van der Waals surface area contributed by atoms with Gasteiger partial charge in [-0.2, -0.15) is 6.92 Å². The zero-order valence-corrected chi connectivity index (χ0v) is 10.7. The second kappa shape index (κ2) is 10.6. The van der Waals surface area contributed by atoms with Gasteiger partial charge in [-0.25, -0.2) is 0 Å². The molecule has 0 spiro atoms. The van der Waals surface area contributed by atoms with Crippen LogP contribution in [0.3, 0.4) is 0 Å². The fourth-order valence-corrected chi connectivity index (χ4v) is 0. The van der Waals surface area contributed by atoms with E-state index in [0.29, 0.717) is 4.00 Å². The minimum absolute atomic E-state index is 0.306. The summed E-state index contributed by atoms with van der Waals surface area (Å²) in [5.41, 5.74) is 0. The average molecular weight is 469 g/mol. The van der Waals surface area contributed by atoms with Gasteiger partial charge in [-0.15, -0.1) is 0 Å². The molecule has 0 aliphatic carbocycles. The molecule has 0 aromatic rings. The summed E-state index contributed by atoms with van der Waals surface area (Å²) in [6, 6.07) is 0. The second-order valence-corrected chi connectivity index (χ2v) is 26.5. The fourth-order valence-electron chi connectivity index (χ4n) is 0. The van der Waals surface area contributed by atoms with E-state index in [-0.39, 0.29) is 0 Å². The van der Waals surface area contributed by atoms with Gasteiger partial charge >= 0.3 is 65.3 Å². The van der Waals surface area contributed by atoms with Crippen molar-refractivity contribution < 1.29 is 4.00 Å². The molecular weight excluding hydrogens is 464 g/mol. The third-order valence-corrected chi connectivity index (χ3v) is 0. The maximum absolute atomic E-state index is 3.25. The third-order valence-electron chi connectivity index (χ3n) is 0. The van der Waals surface area contributed by atoms with Crippen LogP contribution in [0, 0.1) is 6.92 Å². The summed E-state index contributed by atoms with van der Waals surface area (Å²) < 4.78 is 0.306.